The second kappa shape index (κ2) is 5.65. The minimum atomic E-state index is -0.345. The van der Waals surface area contributed by atoms with Gasteiger partial charge < -0.3 is 10.5 Å². The molecule has 0 aliphatic rings. The summed E-state index contributed by atoms with van der Waals surface area (Å²) >= 11 is 1.31. The first-order valence-corrected chi connectivity index (χ1v) is 6.05. The summed E-state index contributed by atoms with van der Waals surface area (Å²) in [6, 6.07) is 0. The molecule has 1 rings (SSSR count). The van der Waals surface area contributed by atoms with Crippen molar-refractivity contribution in [3.05, 3.63) is 17.2 Å². The van der Waals surface area contributed by atoms with Crippen LogP contribution in [-0.4, -0.2) is 17.1 Å². The molecule has 1 aromatic heterocycles. The van der Waals surface area contributed by atoms with Gasteiger partial charge in [-0.3, -0.25) is 0 Å². The largest absolute Gasteiger partial charge is 0.459 e. The maximum Gasteiger partial charge on any atom is 0.340 e. The summed E-state index contributed by atoms with van der Waals surface area (Å²) < 4.78 is 5.15. The van der Waals surface area contributed by atoms with Gasteiger partial charge in [0.1, 0.15) is 0 Å². The van der Waals surface area contributed by atoms with Gasteiger partial charge in [0.05, 0.1) is 17.4 Å². The quantitative estimate of drug-likeness (QED) is 0.648. The van der Waals surface area contributed by atoms with Crippen LogP contribution < -0.4 is 5.73 Å². The van der Waals surface area contributed by atoms with Crippen molar-refractivity contribution in [2.45, 2.75) is 33.3 Å². The normalized spacial score (nSPS) is 11.9. The van der Waals surface area contributed by atoms with Crippen LogP contribution in [0.15, 0.2) is 11.5 Å². The maximum absolute atomic E-state index is 11.8. The third-order valence-corrected chi connectivity index (χ3v) is 2.44. The highest BCUT2D eigenvalue weighted by Crippen LogP contribution is 2.21. The Balaban J connectivity index is 2.92. The zero-order valence-electron chi connectivity index (χ0n) is 9.69. The summed E-state index contributed by atoms with van der Waals surface area (Å²) in [6.07, 6.45) is 2.42. The average Bonchev–Trinajstić information content (AvgIpc) is 2.59. The fourth-order valence-electron chi connectivity index (χ4n) is 1.19. The Hall–Kier alpha value is -1.36. The molecule has 0 fully saturated rings. The van der Waals surface area contributed by atoms with Crippen LogP contribution in [0.4, 0.5) is 5.13 Å². The van der Waals surface area contributed by atoms with Crippen LogP contribution in [0.3, 0.4) is 0 Å². The number of nitrogens with zero attached hydrogens (tertiary/aromatic N) is 1. The standard InChI is InChI=1S/C11H16N2O2S/c1-4-5-8(10(14)15-7(2)3)9-6-16-11(12)13-9/h5-7H,4H2,1-3H3,(H2,12,13)/b8-5+. The molecule has 0 aromatic carbocycles. The molecule has 0 aliphatic heterocycles. The lowest BCUT2D eigenvalue weighted by atomic mass is 10.2. The summed E-state index contributed by atoms with van der Waals surface area (Å²) in [4.78, 5) is 15.9. The Morgan fingerprint density at radius 1 is 1.69 bits per heavy atom. The molecule has 16 heavy (non-hydrogen) atoms. The van der Waals surface area contributed by atoms with Crippen molar-refractivity contribution in [3.63, 3.8) is 0 Å². The summed E-state index contributed by atoms with van der Waals surface area (Å²) in [7, 11) is 0. The molecule has 0 atom stereocenters. The Morgan fingerprint density at radius 3 is 2.81 bits per heavy atom. The molecule has 88 valence electrons. The Kier molecular flexibility index (Phi) is 4.49. The molecule has 1 heterocycles. The van der Waals surface area contributed by atoms with Crippen LogP contribution >= 0.6 is 11.3 Å². The van der Waals surface area contributed by atoms with Crippen LogP contribution in [0.25, 0.3) is 5.57 Å². The Bertz CT molecular complexity index is 396. The van der Waals surface area contributed by atoms with E-state index in [0.29, 0.717) is 16.4 Å². The number of aromatic nitrogens is 1. The minimum absolute atomic E-state index is 0.135. The van der Waals surface area contributed by atoms with Crippen molar-refractivity contribution in [2.24, 2.45) is 0 Å². The number of nitrogens with two attached hydrogens (primary N) is 1. The van der Waals surface area contributed by atoms with Gasteiger partial charge in [0.15, 0.2) is 5.13 Å². The number of rotatable bonds is 4. The number of ether oxygens (including phenoxy) is 1. The number of anilines is 1. The number of hydrogen-bond acceptors (Lipinski definition) is 5. The number of esters is 1. The van der Waals surface area contributed by atoms with E-state index >= 15 is 0 Å². The molecule has 0 unspecified atom stereocenters. The zero-order valence-corrected chi connectivity index (χ0v) is 10.5. The lowest BCUT2D eigenvalue weighted by Gasteiger charge is -2.09. The van der Waals surface area contributed by atoms with Gasteiger partial charge in [-0.25, -0.2) is 9.78 Å². The lowest BCUT2D eigenvalue weighted by molar-refractivity contribution is -0.140. The number of thiazole rings is 1. The second-order valence-electron chi connectivity index (χ2n) is 3.55. The van der Waals surface area contributed by atoms with Gasteiger partial charge in [0.25, 0.3) is 0 Å². The summed E-state index contributed by atoms with van der Waals surface area (Å²) in [5.41, 5.74) is 6.62. The zero-order chi connectivity index (χ0) is 12.1. The van der Waals surface area contributed by atoms with E-state index in [2.05, 4.69) is 4.98 Å². The smallest absolute Gasteiger partial charge is 0.340 e. The maximum atomic E-state index is 11.8. The van der Waals surface area contributed by atoms with Crippen LogP contribution in [0.5, 0.6) is 0 Å². The topological polar surface area (TPSA) is 65.2 Å². The van der Waals surface area contributed by atoms with Gasteiger partial charge in [-0.15, -0.1) is 11.3 Å². The SMILES string of the molecule is CC/C=C(/C(=O)OC(C)C)c1csc(N)n1. The van der Waals surface area contributed by atoms with Crippen LogP contribution in [0.1, 0.15) is 32.9 Å². The molecule has 0 aliphatic carbocycles. The fraction of sp³-hybridized carbons (Fsp3) is 0.455. The summed E-state index contributed by atoms with van der Waals surface area (Å²) in [5.74, 6) is -0.345. The van der Waals surface area contributed by atoms with Gasteiger partial charge in [0, 0.05) is 5.38 Å². The summed E-state index contributed by atoms with van der Waals surface area (Å²) in [6.45, 7) is 5.59. The second-order valence-corrected chi connectivity index (χ2v) is 4.44. The van der Waals surface area contributed by atoms with Crippen molar-refractivity contribution in [1.82, 2.24) is 4.98 Å². The van der Waals surface area contributed by atoms with Crippen molar-refractivity contribution in [1.29, 1.82) is 0 Å². The van der Waals surface area contributed by atoms with Gasteiger partial charge in [0.2, 0.25) is 0 Å². The molecule has 0 bridgehead atoms. The predicted octanol–water partition coefficient (Wildman–Crippen LogP) is 2.47. The van der Waals surface area contributed by atoms with E-state index in [1.54, 1.807) is 11.5 Å². The van der Waals surface area contributed by atoms with E-state index in [-0.39, 0.29) is 12.1 Å². The molecule has 0 saturated carbocycles. The van der Waals surface area contributed by atoms with E-state index in [0.717, 1.165) is 6.42 Å². The van der Waals surface area contributed by atoms with Gasteiger partial charge in [-0.2, -0.15) is 0 Å². The number of nitrogen functional groups attached to an aromatic ring is 1. The molecule has 0 saturated heterocycles. The molecule has 2 N–H and O–H groups in total. The lowest BCUT2D eigenvalue weighted by Crippen LogP contribution is -2.13. The van der Waals surface area contributed by atoms with Gasteiger partial charge in [-0.05, 0) is 20.3 Å². The van der Waals surface area contributed by atoms with E-state index < -0.39 is 0 Å². The van der Waals surface area contributed by atoms with E-state index in [4.69, 9.17) is 10.5 Å². The van der Waals surface area contributed by atoms with E-state index in [1.807, 2.05) is 20.8 Å². The minimum Gasteiger partial charge on any atom is -0.459 e. The number of hydrogen-bond donors (Lipinski definition) is 1. The fourth-order valence-corrected chi connectivity index (χ4v) is 1.75. The molecule has 0 radical (unpaired) electrons. The van der Waals surface area contributed by atoms with Crippen LogP contribution in [0.2, 0.25) is 0 Å². The van der Waals surface area contributed by atoms with Gasteiger partial charge >= 0.3 is 5.97 Å². The van der Waals surface area contributed by atoms with Crippen molar-refractivity contribution in [2.75, 3.05) is 5.73 Å². The molecule has 1 aromatic rings. The Labute approximate surface area is 99.1 Å². The molecular formula is C11H16N2O2S. The molecule has 5 heteroatoms. The third-order valence-electron chi connectivity index (χ3n) is 1.77. The van der Waals surface area contributed by atoms with Crippen molar-refractivity contribution in [3.8, 4) is 0 Å². The first kappa shape index (κ1) is 12.7. The highest BCUT2D eigenvalue weighted by Gasteiger charge is 2.16. The van der Waals surface area contributed by atoms with Crippen LogP contribution in [-0.2, 0) is 9.53 Å². The molecular weight excluding hydrogens is 224 g/mol. The highest BCUT2D eigenvalue weighted by atomic mass is 32.1. The van der Waals surface area contributed by atoms with Gasteiger partial charge in [-0.1, -0.05) is 13.0 Å². The molecule has 0 amide bonds. The number of allylic oxidation sites excluding steroid dienone is 1. The van der Waals surface area contributed by atoms with Crippen molar-refractivity contribution >= 4 is 28.0 Å². The highest BCUT2D eigenvalue weighted by molar-refractivity contribution is 7.13. The number of carbonyl (C=O) groups is 1. The Morgan fingerprint density at radius 2 is 2.38 bits per heavy atom. The molecule has 4 nitrogen and oxygen atoms in total. The number of carbonyl (C=O) groups excluding carboxylic acids is 1. The van der Waals surface area contributed by atoms with E-state index in [9.17, 15) is 4.79 Å². The molecule has 0 spiro atoms. The monoisotopic (exact) mass is 240 g/mol. The first-order chi connectivity index (χ1) is 7.54. The van der Waals surface area contributed by atoms with Crippen LogP contribution in [0, 0.1) is 0 Å². The summed E-state index contributed by atoms with van der Waals surface area (Å²) in [5, 5.41) is 2.22. The first-order valence-electron chi connectivity index (χ1n) is 5.17. The average molecular weight is 240 g/mol. The predicted molar refractivity (Wildman–Crippen MR) is 66.0 cm³/mol. The van der Waals surface area contributed by atoms with E-state index in [1.165, 1.54) is 11.3 Å². The van der Waals surface area contributed by atoms with Crippen molar-refractivity contribution < 1.29 is 9.53 Å². The third kappa shape index (κ3) is 3.34.